The highest BCUT2D eigenvalue weighted by molar-refractivity contribution is 9.10. The van der Waals surface area contributed by atoms with Crippen LogP contribution >= 0.6 is 31.9 Å². The Kier molecular flexibility index (Phi) is 4.86. The smallest absolute Gasteiger partial charge is 0.0440 e. The van der Waals surface area contributed by atoms with Crippen LogP contribution in [0.2, 0.25) is 0 Å². The lowest BCUT2D eigenvalue weighted by Gasteiger charge is -2.17. The van der Waals surface area contributed by atoms with Crippen LogP contribution in [0.4, 0.5) is 0 Å². The molecule has 1 unspecified atom stereocenters. The van der Waals surface area contributed by atoms with Crippen molar-refractivity contribution in [1.82, 2.24) is 0 Å². The molecule has 2 aromatic rings. The van der Waals surface area contributed by atoms with Gasteiger partial charge in [0.1, 0.15) is 0 Å². The minimum absolute atomic E-state index is 0.363. The SMILES string of the molecule is Cc1cc(C)c(C(Br)Cc2cccc(Br)c2)c(C)c1. The first kappa shape index (κ1) is 14.8. The van der Waals surface area contributed by atoms with Crippen molar-refractivity contribution >= 4 is 31.9 Å². The van der Waals surface area contributed by atoms with Gasteiger partial charge in [0.25, 0.3) is 0 Å². The van der Waals surface area contributed by atoms with Crippen molar-refractivity contribution in [1.29, 1.82) is 0 Å². The van der Waals surface area contributed by atoms with Crippen LogP contribution in [0.5, 0.6) is 0 Å². The molecule has 0 amide bonds. The summed E-state index contributed by atoms with van der Waals surface area (Å²) in [4.78, 5) is 0.363. The monoisotopic (exact) mass is 380 g/mol. The highest BCUT2D eigenvalue weighted by Crippen LogP contribution is 2.33. The van der Waals surface area contributed by atoms with E-state index in [0.29, 0.717) is 4.83 Å². The summed E-state index contributed by atoms with van der Waals surface area (Å²) in [7, 11) is 0. The van der Waals surface area contributed by atoms with Gasteiger partial charge < -0.3 is 0 Å². The van der Waals surface area contributed by atoms with Crippen molar-refractivity contribution in [3.8, 4) is 0 Å². The van der Waals surface area contributed by atoms with Gasteiger partial charge in [-0.25, -0.2) is 0 Å². The van der Waals surface area contributed by atoms with Gasteiger partial charge in [0.05, 0.1) is 0 Å². The van der Waals surface area contributed by atoms with Crippen molar-refractivity contribution in [2.75, 3.05) is 0 Å². The van der Waals surface area contributed by atoms with Crippen LogP contribution in [-0.4, -0.2) is 0 Å². The summed E-state index contributed by atoms with van der Waals surface area (Å²) in [6.07, 6.45) is 1.00. The second-order valence-electron chi connectivity index (χ2n) is 5.11. The maximum absolute atomic E-state index is 3.86. The molecular formula is C17H18Br2. The van der Waals surface area contributed by atoms with Crippen LogP contribution in [0, 0.1) is 20.8 Å². The van der Waals surface area contributed by atoms with E-state index < -0.39 is 0 Å². The van der Waals surface area contributed by atoms with Crippen molar-refractivity contribution in [3.63, 3.8) is 0 Å². The second kappa shape index (κ2) is 6.23. The lowest BCUT2D eigenvalue weighted by atomic mass is 9.94. The van der Waals surface area contributed by atoms with Crippen LogP contribution in [0.25, 0.3) is 0 Å². The van der Waals surface area contributed by atoms with Gasteiger partial charge in [-0.2, -0.15) is 0 Å². The van der Waals surface area contributed by atoms with Gasteiger partial charge in [-0.3, -0.25) is 0 Å². The Morgan fingerprint density at radius 3 is 2.21 bits per heavy atom. The van der Waals surface area contributed by atoms with Crippen LogP contribution in [0.3, 0.4) is 0 Å². The Morgan fingerprint density at radius 2 is 1.63 bits per heavy atom. The van der Waals surface area contributed by atoms with E-state index in [2.05, 4.69) is 89.0 Å². The zero-order chi connectivity index (χ0) is 14.0. The summed E-state index contributed by atoms with van der Waals surface area (Å²) in [5, 5.41) is 0. The Morgan fingerprint density at radius 1 is 1.00 bits per heavy atom. The number of hydrogen-bond acceptors (Lipinski definition) is 0. The number of rotatable bonds is 3. The third-order valence-corrected chi connectivity index (χ3v) is 4.63. The van der Waals surface area contributed by atoms with Crippen molar-refractivity contribution in [3.05, 3.63) is 68.7 Å². The predicted molar refractivity (Wildman–Crippen MR) is 90.2 cm³/mol. The second-order valence-corrected chi connectivity index (χ2v) is 7.13. The van der Waals surface area contributed by atoms with Crippen molar-refractivity contribution in [2.24, 2.45) is 0 Å². The third kappa shape index (κ3) is 3.70. The molecule has 0 spiro atoms. The van der Waals surface area contributed by atoms with E-state index in [-0.39, 0.29) is 0 Å². The first-order chi connectivity index (χ1) is 8.97. The number of alkyl halides is 1. The Hall–Kier alpha value is -0.600. The van der Waals surface area contributed by atoms with E-state index in [9.17, 15) is 0 Å². The van der Waals surface area contributed by atoms with Gasteiger partial charge in [0.2, 0.25) is 0 Å². The largest absolute Gasteiger partial charge is 0.0835 e. The molecule has 0 aromatic heterocycles. The maximum Gasteiger partial charge on any atom is 0.0440 e. The molecule has 0 aliphatic rings. The summed E-state index contributed by atoms with van der Waals surface area (Å²) >= 11 is 7.39. The van der Waals surface area contributed by atoms with Gasteiger partial charge in [0, 0.05) is 9.30 Å². The molecule has 0 bridgehead atoms. The first-order valence-corrected chi connectivity index (χ1v) is 8.14. The topological polar surface area (TPSA) is 0 Å². The Balaban J connectivity index is 2.28. The molecule has 0 aliphatic carbocycles. The van der Waals surface area contributed by atoms with E-state index in [1.165, 1.54) is 27.8 Å². The predicted octanol–water partition coefficient (Wildman–Crippen LogP) is 6.05. The standard InChI is InChI=1S/C17H18Br2/c1-11-7-12(2)17(13(3)8-11)16(19)10-14-5-4-6-15(18)9-14/h4-9,16H,10H2,1-3H3. The highest BCUT2D eigenvalue weighted by atomic mass is 79.9. The molecule has 0 saturated heterocycles. The molecule has 0 aliphatic heterocycles. The minimum Gasteiger partial charge on any atom is -0.0835 e. The van der Waals surface area contributed by atoms with E-state index >= 15 is 0 Å². The maximum atomic E-state index is 3.86. The normalized spacial score (nSPS) is 12.5. The minimum atomic E-state index is 0.363. The van der Waals surface area contributed by atoms with Gasteiger partial charge in [-0.15, -0.1) is 0 Å². The zero-order valence-corrected chi connectivity index (χ0v) is 14.7. The molecule has 0 N–H and O–H groups in total. The molecule has 0 heterocycles. The molecule has 2 rings (SSSR count). The third-order valence-electron chi connectivity index (χ3n) is 3.36. The lowest BCUT2D eigenvalue weighted by molar-refractivity contribution is 0.924. The first-order valence-electron chi connectivity index (χ1n) is 6.43. The van der Waals surface area contributed by atoms with Crippen LogP contribution in [-0.2, 0) is 6.42 Å². The number of benzene rings is 2. The summed E-state index contributed by atoms with van der Waals surface area (Å²) < 4.78 is 1.14. The fraction of sp³-hybridized carbons (Fsp3) is 0.294. The lowest BCUT2D eigenvalue weighted by Crippen LogP contribution is -2.01. The van der Waals surface area contributed by atoms with Crippen LogP contribution in [0.15, 0.2) is 40.9 Å². The van der Waals surface area contributed by atoms with Gasteiger partial charge in [-0.05, 0) is 61.6 Å². The summed E-state index contributed by atoms with van der Waals surface area (Å²) in [6.45, 7) is 6.55. The van der Waals surface area contributed by atoms with E-state index in [0.717, 1.165) is 10.9 Å². The van der Waals surface area contributed by atoms with Gasteiger partial charge in [0.15, 0.2) is 0 Å². The van der Waals surface area contributed by atoms with Crippen LogP contribution in [0.1, 0.15) is 32.6 Å². The fourth-order valence-electron chi connectivity index (χ4n) is 2.66. The molecule has 0 radical (unpaired) electrons. The summed E-state index contributed by atoms with van der Waals surface area (Å²) in [5.74, 6) is 0. The summed E-state index contributed by atoms with van der Waals surface area (Å²) in [6, 6.07) is 13.0. The zero-order valence-electron chi connectivity index (χ0n) is 11.5. The number of hydrogen-bond donors (Lipinski definition) is 0. The van der Waals surface area contributed by atoms with E-state index in [1.54, 1.807) is 0 Å². The average molecular weight is 382 g/mol. The van der Waals surface area contributed by atoms with Crippen molar-refractivity contribution in [2.45, 2.75) is 32.0 Å². The Labute approximate surface area is 132 Å². The quantitative estimate of drug-likeness (QED) is 0.567. The highest BCUT2D eigenvalue weighted by Gasteiger charge is 2.14. The summed E-state index contributed by atoms with van der Waals surface area (Å²) in [5.41, 5.74) is 6.84. The molecule has 2 heteroatoms. The molecular weight excluding hydrogens is 364 g/mol. The molecule has 19 heavy (non-hydrogen) atoms. The van der Waals surface area contributed by atoms with Crippen LogP contribution < -0.4 is 0 Å². The van der Waals surface area contributed by atoms with Gasteiger partial charge >= 0.3 is 0 Å². The average Bonchev–Trinajstić information content (AvgIpc) is 2.27. The number of aryl methyl sites for hydroxylation is 3. The van der Waals surface area contributed by atoms with E-state index in [4.69, 9.17) is 0 Å². The Bertz CT molecular complexity index is 565. The molecule has 0 saturated carbocycles. The molecule has 0 fully saturated rings. The molecule has 0 nitrogen and oxygen atoms in total. The van der Waals surface area contributed by atoms with Gasteiger partial charge in [-0.1, -0.05) is 61.7 Å². The fourth-order valence-corrected chi connectivity index (χ4v) is 4.20. The molecule has 2 aromatic carbocycles. The van der Waals surface area contributed by atoms with E-state index in [1.807, 2.05) is 0 Å². The van der Waals surface area contributed by atoms with Crippen molar-refractivity contribution < 1.29 is 0 Å². The molecule has 1 atom stereocenters. The molecule has 100 valence electrons. The number of halogens is 2.